The minimum Gasteiger partial charge on any atom is -0.507 e. The molecule has 4 rings (SSSR count). The zero-order chi connectivity index (χ0) is 21.8. The molecule has 0 atom stereocenters. The Kier molecular flexibility index (Phi) is 5.10. The van der Waals surface area contributed by atoms with Crippen molar-refractivity contribution in [2.75, 3.05) is 0 Å². The maximum absolute atomic E-state index is 10.7. The number of nitrogens with one attached hydrogen (secondary N) is 1. The van der Waals surface area contributed by atoms with E-state index >= 15 is 0 Å². The highest BCUT2D eigenvalue weighted by atomic mass is 32.1. The van der Waals surface area contributed by atoms with Crippen LogP contribution >= 0.6 is 23.6 Å². The lowest BCUT2D eigenvalue weighted by Crippen LogP contribution is -2.34. The van der Waals surface area contributed by atoms with E-state index in [1.807, 2.05) is 12.1 Å². The van der Waals surface area contributed by atoms with Crippen molar-refractivity contribution in [1.29, 1.82) is 0 Å². The quantitative estimate of drug-likeness (QED) is 0.380. The van der Waals surface area contributed by atoms with Crippen LogP contribution in [0.5, 0.6) is 11.6 Å². The molecule has 0 saturated carbocycles. The number of phenolic OH excluding ortho intramolecular Hbond substituents is 1. The summed E-state index contributed by atoms with van der Waals surface area (Å²) < 4.78 is 0.567. The van der Waals surface area contributed by atoms with Gasteiger partial charge in [0.25, 0.3) is 0 Å². The summed E-state index contributed by atoms with van der Waals surface area (Å²) in [6.45, 7) is 11.4. The second-order valence-electron chi connectivity index (χ2n) is 9.80. The fraction of sp³-hybridized carbons (Fsp3) is 0.400. The molecular weight excluding hydrogens is 410 g/mol. The van der Waals surface area contributed by atoms with Gasteiger partial charge in [0.2, 0.25) is 5.88 Å². The Morgan fingerprint density at radius 2 is 1.60 bits per heavy atom. The Hall–Kier alpha value is -2.11. The lowest BCUT2D eigenvalue weighted by molar-refractivity contribution is 0.332. The topological polar surface area (TPSA) is 56.2 Å². The maximum Gasteiger partial charge on any atom is 0.203 e. The molecule has 1 aliphatic rings. The first-order valence-electron chi connectivity index (χ1n) is 10.4. The van der Waals surface area contributed by atoms with Crippen molar-refractivity contribution in [2.24, 2.45) is 0 Å². The fourth-order valence-corrected chi connectivity index (χ4v) is 5.74. The van der Waals surface area contributed by atoms with Gasteiger partial charge in [-0.1, -0.05) is 39.8 Å². The smallest absolute Gasteiger partial charge is 0.203 e. The molecule has 0 unspecified atom stereocenters. The Morgan fingerprint density at radius 3 is 2.20 bits per heavy atom. The number of aryl methyl sites for hydroxylation is 1. The first-order valence-corrected chi connectivity index (χ1v) is 11.6. The van der Waals surface area contributed by atoms with Crippen molar-refractivity contribution in [3.05, 3.63) is 61.4 Å². The molecule has 0 amide bonds. The summed E-state index contributed by atoms with van der Waals surface area (Å²) in [5, 5.41) is 20.8. The van der Waals surface area contributed by atoms with Crippen LogP contribution in [0.25, 0.3) is 11.1 Å². The Balaban J connectivity index is 1.83. The summed E-state index contributed by atoms with van der Waals surface area (Å²) in [6.07, 6.45) is 2.90. The summed E-state index contributed by atoms with van der Waals surface area (Å²) >= 11 is 6.52. The SMILES string of the molecule is Cc1cc2c(cc1-c1cc(Cc3sc(=S)[nH]c3O)ccc1O)C(C)(C)CCC2(C)C. The second-order valence-corrected chi connectivity index (χ2v) is 11.6. The molecule has 3 nitrogen and oxygen atoms in total. The Morgan fingerprint density at radius 1 is 0.967 bits per heavy atom. The van der Waals surface area contributed by atoms with E-state index in [0.717, 1.165) is 28.0 Å². The van der Waals surface area contributed by atoms with Crippen molar-refractivity contribution < 1.29 is 10.2 Å². The van der Waals surface area contributed by atoms with Crippen LogP contribution in [0.3, 0.4) is 0 Å². The minimum absolute atomic E-state index is 0.110. The average molecular weight is 440 g/mol. The van der Waals surface area contributed by atoms with Gasteiger partial charge in [0.1, 0.15) is 5.75 Å². The first-order chi connectivity index (χ1) is 14.0. The highest BCUT2D eigenvalue weighted by molar-refractivity contribution is 7.73. The molecule has 0 saturated heterocycles. The Bertz CT molecular complexity index is 1180. The van der Waals surface area contributed by atoms with Gasteiger partial charge in [0.15, 0.2) is 3.95 Å². The number of aromatic amines is 1. The molecule has 0 aliphatic heterocycles. The van der Waals surface area contributed by atoms with Gasteiger partial charge in [-0.15, -0.1) is 11.3 Å². The molecule has 5 heteroatoms. The predicted molar refractivity (Wildman–Crippen MR) is 128 cm³/mol. The molecule has 2 aromatic carbocycles. The summed E-state index contributed by atoms with van der Waals surface area (Å²) in [7, 11) is 0. The van der Waals surface area contributed by atoms with Crippen molar-refractivity contribution in [3.63, 3.8) is 0 Å². The number of H-pyrrole nitrogens is 1. The molecule has 3 N–H and O–H groups in total. The van der Waals surface area contributed by atoms with Crippen LogP contribution < -0.4 is 0 Å². The summed E-state index contributed by atoms with van der Waals surface area (Å²) in [4.78, 5) is 3.59. The number of fused-ring (bicyclic) bond motifs is 1. The van der Waals surface area contributed by atoms with Crippen LogP contribution in [0.4, 0.5) is 0 Å². The third kappa shape index (κ3) is 3.69. The lowest BCUT2D eigenvalue weighted by atomic mass is 9.62. The van der Waals surface area contributed by atoms with Crippen LogP contribution in [0.1, 0.15) is 67.7 Å². The molecule has 0 radical (unpaired) electrons. The fourth-order valence-electron chi connectivity index (χ4n) is 4.58. The van der Waals surface area contributed by atoms with Crippen molar-refractivity contribution in [1.82, 2.24) is 4.98 Å². The maximum atomic E-state index is 10.7. The highest BCUT2D eigenvalue weighted by Gasteiger charge is 2.37. The van der Waals surface area contributed by atoms with Gasteiger partial charge in [0.05, 0.1) is 4.88 Å². The van der Waals surface area contributed by atoms with E-state index < -0.39 is 0 Å². The monoisotopic (exact) mass is 439 g/mol. The van der Waals surface area contributed by atoms with E-state index in [1.54, 1.807) is 6.07 Å². The van der Waals surface area contributed by atoms with Crippen LogP contribution in [0.2, 0.25) is 0 Å². The van der Waals surface area contributed by atoms with Crippen molar-refractivity contribution in [2.45, 2.75) is 64.7 Å². The van der Waals surface area contributed by atoms with Gasteiger partial charge < -0.3 is 15.2 Å². The van der Waals surface area contributed by atoms with E-state index in [9.17, 15) is 10.2 Å². The molecule has 1 aliphatic carbocycles. The van der Waals surface area contributed by atoms with Crippen molar-refractivity contribution >= 4 is 23.6 Å². The highest BCUT2D eigenvalue weighted by Crippen LogP contribution is 2.48. The van der Waals surface area contributed by atoms with Gasteiger partial charge in [-0.3, -0.25) is 0 Å². The van der Waals surface area contributed by atoms with Gasteiger partial charge in [-0.05, 0) is 88.8 Å². The Labute approximate surface area is 187 Å². The molecule has 0 bridgehead atoms. The van der Waals surface area contributed by atoms with Gasteiger partial charge in [-0.25, -0.2) is 0 Å². The molecule has 30 heavy (non-hydrogen) atoms. The standard InChI is InChI=1S/C25H29NO2S2/c1-14-10-18-19(25(4,5)9-8-24(18,2)3)13-16(14)17-11-15(6-7-20(17)27)12-21-22(28)26-23(29)30-21/h6-7,10-11,13,27-28H,8-9,12H2,1-5H3,(H,26,29). The molecule has 1 aromatic heterocycles. The zero-order valence-corrected chi connectivity index (χ0v) is 19.9. The van der Waals surface area contributed by atoms with Crippen LogP contribution in [0, 0.1) is 10.9 Å². The van der Waals surface area contributed by atoms with Crippen LogP contribution in [0.15, 0.2) is 30.3 Å². The second kappa shape index (κ2) is 7.24. The minimum atomic E-state index is 0.110. The van der Waals surface area contributed by atoms with E-state index in [1.165, 1.54) is 34.4 Å². The molecule has 0 fully saturated rings. The summed E-state index contributed by atoms with van der Waals surface area (Å²) in [6, 6.07) is 10.3. The number of hydrogen-bond acceptors (Lipinski definition) is 4. The first kappa shape index (κ1) is 21.1. The summed E-state index contributed by atoms with van der Waals surface area (Å²) in [5.41, 5.74) is 7.19. The van der Waals surface area contributed by atoms with Crippen LogP contribution in [-0.2, 0) is 17.3 Å². The number of hydrogen-bond donors (Lipinski definition) is 3. The predicted octanol–water partition coefficient (Wildman–Crippen LogP) is 7.13. The number of rotatable bonds is 3. The number of aromatic nitrogens is 1. The van der Waals surface area contributed by atoms with Crippen LogP contribution in [-0.4, -0.2) is 15.2 Å². The molecule has 0 spiro atoms. The van der Waals surface area contributed by atoms with Gasteiger partial charge in [-0.2, -0.15) is 0 Å². The van der Waals surface area contributed by atoms with E-state index in [-0.39, 0.29) is 22.5 Å². The summed E-state index contributed by atoms with van der Waals surface area (Å²) in [5.74, 6) is 0.411. The number of benzene rings is 2. The number of phenols is 1. The molecular formula is C25H29NO2S2. The average Bonchev–Trinajstić information content (AvgIpc) is 2.97. The third-order valence-corrected chi connectivity index (χ3v) is 7.84. The zero-order valence-electron chi connectivity index (χ0n) is 18.2. The molecule has 1 heterocycles. The largest absolute Gasteiger partial charge is 0.507 e. The van der Waals surface area contributed by atoms with Gasteiger partial charge in [0, 0.05) is 12.0 Å². The number of thiazole rings is 1. The van der Waals surface area contributed by atoms with Gasteiger partial charge >= 0.3 is 0 Å². The van der Waals surface area contributed by atoms with E-state index in [2.05, 4.69) is 51.7 Å². The third-order valence-electron chi connectivity index (χ3n) is 6.61. The lowest BCUT2D eigenvalue weighted by Gasteiger charge is -2.42. The molecule has 3 aromatic rings. The molecule has 158 valence electrons. The normalized spacial score (nSPS) is 17.0. The number of aromatic hydroxyl groups is 2. The van der Waals surface area contributed by atoms with Crippen molar-refractivity contribution in [3.8, 4) is 22.8 Å². The van der Waals surface area contributed by atoms with E-state index in [4.69, 9.17) is 12.2 Å². The van der Waals surface area contributed by atoms with E-state index in [0.29, 0.717) is 10.4 Å².